The second-order valence-corrected chi connectivity index (χ2v) is 2.81. The maximum Gasteiger partial charge on any atom is 0.130 e. The monoisotopic (exact) mass is 150 g/mol. The zero-order valence-corrected chi connectivity index (χ0v) is 6.33. The van der Waals surface area contributed by atoms with Gasteiger partial charge in [0.25, 0.3) is 0 Å². The normalized spacial score (nSPS) is 21.1. The number of aromatic nitrogens is 1. The lowest BCUT2D eigenvalue weighted by Gasteiger charge is -1.99. The third-order valence-electron chi connectivity index (χ3n) is 1.82. The fourth-order valence-electron chi connectivity index (χ4n) is 1.31. The van der Waals surface area contributed by atoms with Crippen molar-refractivity contribution in [1.82, 2.24) is 4.98 Å². The molecular formula is C8H10N2O. The van der Waals surface area contributed by atoms with Crippen molar-refractivity contribution in [3.63, 3.8) is 0 Å². The van der Waals surface area contributed by atoms with Crippen LogP contribution in [0.4, 0.5) is 5.69 Å². The quantitative estimate of drug-likeness (QED) is 0.571. The highest BCUT2D eigenvalue weighted by atomic mass is 16.3. The summed E-state index contributed by atoms with van der Waals surface area (Å²) in [5, 5.41) is 12.1. The predicted octanol–water partition coefficient (Wildman–Crippen LogP) is 0.676. The summed E-state index contributed by atoms with van der Waals surface area (Å²) in [6.45, 7) is 1.95. The summed E-state index contributed by atoms with van der Waals surface area (Å²) >= 11 is 0. The molecule has 0 aromatic carbocycles. The molecule has 0 spiro atoms. The molecule has 3 nitrogen and oxygen atoms in total. The molecule has 0 radical (unpaired) electrons. The van der Waals surface area contributed by atoms with E-state index in [0.717, 1.165) is 17.1 Å². The van der Waals surface area contributed by atoms with Crippen molar-refractivity contribution in [2.75, 3.05) is 5.32 Å². The molecule has 3 heteroatoms. The van der Waals surface area contributed by atoms with Gasteiger partial charge < -0.3 is 10.4 Å². The van der Waals surface area contributed by atoms with E-state index in [0.29, 0.717) is 6.42 Å². The van der Waals surface area contributed by atoms with Gasteiger partial charge in [0.2, 0.25) is 0 Å². The zero-order chi connectivity index (χ0) is 7.84. The van der Waals surface area contributed by atoms with Crippen LogP contribution in [-0.2, 0) is 6.42 Å². The van der Waals surface area contributed by atoms with E-state index < -0.39 is 6.23 Å². The number of nitrogens with one attached hydrogen (secondary N) is 1. The van der Waals surface area contributed by atoms with Crippen LogP contribution in [0.1, 0.15) is 11.4 Å². The van der Waals surface area contributed by atoms with Gasteiger partial charge in [-0.15, -0.1) is 0 Å². The minimum Gasteiger partial charge on any atom is -0.373 e. The van der Waals surface area contributed by atoms with Gasteiger partial charge in [-0.05, 0) is 19.1 Å². The van der Waals surface area contributed by atoms with Crippen molar-refractivity contribution in [2.45, 2.75) is 19.6 Å². The SMILES string of the molecule is Cc1ccc2c(n1)CC(O)N2. The number of anilines is 1. The highest BCUT2D eigenvalue weighted by Crippen LogP contribution is 2.22. The molecule has 2 N–H and O–H groups in total. The molecule has 0 amide bonds. The van der Waals surface area contributed by atoms with Gasteiger partial charge in [0.05, 0.1) is 11.4 Å². The number of nitrogens with zero attached hydrogens (tertiary/aromatic N) is 1. The van der Waals surface area contributed by atoms with E-state index in [1.165, 1.54) is 0 Å². The van der Waals surface area contributed by atoms with Crippen molar-refractivity contribution >= 4 is 5.69 Å². The topological polar surface area (TPSA) is 45.2 Å². The minimum absolute atomic E-state index is 0.445. The third kappa shape index (κ3) is 1.07. The van der Waals surface area contributed by atoms with Crippen LogP contribution >= 0.6 is 0 Å². The van der Waals surface area contributed by atoms with Gasteiger partial charge in [-0.3, -0.25) is 4.98 Å². The molecule has 1 unspecified atom stereocenters. The Labute approximate surface area is 65.1 Å². The van der Waals surface area contributed by atoms with Crippen molar-refractivity contribution in [2.24, 2.45) is 0 Å². The van der Waals surface area contributed by atoms with E-state index in [9.17, 15) is 5.11 Å². The first kappa shape index (κ1) is 6.61. The molecule has 2 heterocycles. The first-order chi connectivity index (χ1) is 5.25. The number of aliphatic hydroxyl groups excluding tert-OH is 1. The molecule has 1 aromatic heterocycles. The molecule has 11 heavy (non-hydrogen) atoms. The Balaban J connectivity index is 2.43. The van der Waals surface area contributed by atoms with Crippen molar-refractivity contribution < 1.29 is 5.11 Å². The Bertz CT molecular complexity index is 285. The van der Waals surface area contributed by atoms with Gasteiger partial charge in [0, 0.05) is 12.1 Å². The maximum atomic E-state index is 9.19. The summed E-state index contributed by atoms with van der Waals surface area (Å²) in [5.41, 5.74) is 2.93. The van der Waals surface area contributed by atoms with E-state index in [4.69, 9.17) is 0 Å². The number of hydrogen-bond donors (Lipinski definition) is 2. The van der Waals surface area contributed by atoms with Crippen molar-refractivity contribution in [3.05, 3.63) is 23.5 Å². The fraction of sp³-hybridized carbons (Fsp3) is 0.375. The third-order valence-corrected chi connectivity index (χ3v) is 1.82. The van der Waals surface area contributed by atoms with Crippen LogP contribution in [0.5, 0.6) is 0 Å². The standard InChI is InChI=1S/C8H10N2O/c1-5-2-3-6-7(9-5)4-8(11)10-6/h2-3,8,10-11H,4H2,1H3. The summed E-state index contributed by atoms with van der Waals surface area (Å²) in [6.07, 6.45) is 0.177. The number of hydrogen-bond acceptors (Lipinski definition) is 3. The minimum atomic E-state index is -0.445. The van der Waals surface area contributed by atoms with Crippen LogP contribution in [0, 0.1) is 6.92 Å². The lowest BCUT2D eigenvalue weighted by Crippen LogP contribution is -2.12. The molecule has 0 saturated heterocycles. The molecule has 0 aliphatic carbocycles. The smallest absolute Gasteiger partial charge is 0.130 e. The molecule has 1 aliphatic rings. The van der Waals surface area contributed by atoms with E-state index in [1.807, 2.05) is 19.1 Å². The molecule has 1 aromatic rings. The van der Waals surface area contributed by atoms with Crippen LogP contribution < -0.4 is 5.32 Å². The lowest BCUT2D eigenvalue weighted by atomic mass is 10.2. The van der Waals surface area contributed by atoms with Gasteiger partial charge in [-0.2, -0.15) is 0 Å². The Morgan fingerprint density at radius 3 is 3.27 bits per heavy atom. The van der Waals surface area contributed by atoms with E-state index in [-0.39, 0.29) is 0 Å². The fourth-order valence-corrected chi connectivity index (χ4v) is 1.31. The van der Waals surface area contributed by atoms with Gasteiger partial charge in [-0.25, -0.2) is 0 Å². The van der Waals surface area contributed by atoms with E-state index in [2.05, 4.69) is 10.3 Å². The molecule has 0 fully saturated rings. The largest absolute Gasteiger partial charge is 0.373 e. The number of pyridine rings is 1. The predicted molar refractivity (Wildman–Crippen MR) is 42.3 cm³/mol. The van der Waals surface area contributed by atoms with E-state index >= 15 is 0 Å². The lowest BCUT2D eigenvalue weighted by molar-refractivity contribution is 0.211. The van der Waals surface area contributed by atoms with Crippen LogP contribution in [0.3, 0.4) is 0 Å². The first-order valence-corrected chi connectivity index (χ1v) is 3.67. The van der Waals surface area contributed by atoms with Crippen molar-refractivity contribution in [1.29, 1.82) is 0 Å². The number of rotatable bonds is 0. The Morgan fingerprint density at radius 2 is 2.45 bits per heavy atom. The van der Waals surface area contributed by atoms with Crippen LogP contribution in [0.15, 0.2) is 12.1 Å². The Hall–Kier alpha value is -1.09. The molecule has 58 valence electrons. The summed E-state index contributed by atoms with van der Waals surface area (Å²) < 4.78 is 0. The summed E-state index contributed by atoms with van der Waals surface area (Å²) in [7, 11) is 0. The molecule has 0 saturated carbocycles. The number of fused-ring (bicyclic) bond motifs is 1. The van der Waals surface area contributed by atoms with Gasteiger partial charge >= 0.3 is 0 Å². The summed E-state index contributed by atoms with van der Waals surface area (Å²) in [5.74, 6) is 0. The van der Waals surface area contributed by atoms with Crippen LogP contribution in [0.25, 0.3) is 0 Å². The molecule has 2 rings (SSSR count). The highest BCUT2D eigenvalue weighted by Gasteiger charge is 2.18. The first-order valence-electron chi connectivity index (χ1n) is 3.67. The van der Waals surface area contributed by atoms with Crippen LogP contribution in [-0.4, -0.2) is 16.3 Å². The van der Waals surface area contributed by atoms with Crippen molar-refractivity contribution in [3.8, 4) is 0 Å². The molecular weight excluding hydrogens is 140 g/mol. The second-order valence-electron chi connectivity index (χ2n) is 2.81. The van der Waals surface area contributed by atoms with Gasteiger partial charge in [-0.1, -0.05) is 0 Å². The highest BCUT2D eigenvalue weighted by molar-refractivity contribution is 5.53. The Morgan fingerprint density at radius 1 is 1.64 bits per heavy atom. The van der Waals surface area contributed by atoms with Crippen LogP contribution in [0.2, 0.25) is 0 Å². The molecule has 0 bridgehead atoms. The molecule has 1 aliphatic heterocycles. The average molecular weight is 150 g/mol. The van der Waals surface area contributed by atoms with Gasteiger partial charge in [0.1, 0.15) is 6.23 Å². The Kier molecular flexibility index (Phi) is 1.32. The van der Waals surface area contributed by atoms with E-state index in [1.54, 1.807) is 0 Å². The zero-order valence-electron chi connectivity index (χ0n) is 6.33. The van der Waals surface area contributed by atoms with Gasteiger partial charge in [0.15, 0.2) is 0 Å². The number of aryl methyl sites for hydroxylation is 1. The second kappa shape index (κ2) is 2.20. The molecule has 1 atom stereocenters. The maximum absolute atomic E-state index is 9.19. The number of aliphatic hydroxyl groups is 1. The average Bonchev–Trinajstić information content (AvgIpc) is 2.27. The summed E-state index contributed by atoms with van der Waals surface area (Å²) in [6, 6.07) is 3.89. The summed E-state index contributed by atoms with van der Waals surface area (Å²) in [4.78, 5) is 4.28.